The molecule has 0 unspecified atom stereocenters. The second-order valence-electron chi connectivity index (χ2n) is 6.54. The second kappa shape index (κ2) is 5.78. The van der Waals surface area contributed by atoms with Gasteiger partial charge in [0.05, 0.1) is 6.20 Å². The zero-order valence-corrected chi connectivity index (χ0v) is 13.4. The van der Waals surface area contributed by atoms with Crippen molar-refractivity contribution < 1.29 is 5.11 Å². The fraction of sp³-hybridized carbons (Fsp3) is 0.562. The highest BCUT2D eigenvalue weighted by molar-refractivity contribution is 5.18. The van der Waals surface area contributed by atoms with Crippen LogP contribution in [0.5, 0.6) is 0 Å². The number of aromatic nitrogens is 4. The van der Waals surface area contributed by atoms with Crippen molar-refractivity contribution in [1.82, 2.24) is 24.9 Å². The van der Waals surface area contributed by atoms with Crippen molar-refractivity contribution in [2.75, 3.05) is 13.1 Å². The molecule has 1 aliphatic rings. The first-order chi connectivity index (χ1) is 10.5. The van der Waals surface area contributed by atoms with Crippen molar-refractivity contribution in [3.8, 4) is 0 Å². The molecule has 1 saturated heterocycles. The van der Waals surface area contributed by atoms with Gasteiger partial charge in [-0.2, -0.15) is 0 Å². The molecule has 0 amide bonds. The maximum absolute atomic E-state index is 10.9. The summed E-state index contributed by atoms with van der Waals surface area (Å²) in [5, 5.41) is 19.2. The molecule has 0 aromatic carbocycles. The fourth-order valence-electron chi connectivity index (χ4n) is 2.92. The Kier molecular flexibility index (Phi) is 3.97. The molecule has 0 aliphatic carbocycles. The number of aliphatic hydroxyl groups is 1. The molecule has 6 nitrogen and oxygen atoms in total. The summed E-state index contributed by atoms with van der Waals surface area (Å²) in [5.41, 5.74) is 2.11. The first-order valence-electron chi connectivity index (χ1n) is 7.74. The lowest BCUT2D eigenvalue weighted by atomic mass is 10.00. The van der Waals surface area contributed by atoms with Gasteiger partial charge < -0.3 is 5.11 Å². The van der Waals surface area contributed by atoms with Crippen molar-refractivity contribution in [2.45, 2.75) is 45.4 Å². The number of hydrogen-bond donors (Lipinski definition) is 1. The Morgan fingerprint density at radius 2 is 2.18 bits per heavy atom. The van der Waals surface area contributed by atoms with Crippen LogP contribution in [0.3, 0.4) is 0 Å². The molecule has 0 saturated carbocycles. The molecule has 1 N–H and O–H groups in total. The van der Waals surface area contributed by atoms with Gasteiger partial charge in [-0.1, -0.05) is 11.3 Å². The van der Waals surface area contributed by atoms with Gasteiger partial charge in [0, 0.05) is 38.1 Å². The molecule has 118 valence electrons. The van der Waals surface area contributed by atoms with Crippen LogP contribution in [0.25, 0.3) is 0 Å². The monoisotopic (exact) mass is 301 g/mol. The van der Waals surface area contributed by atoms with E-state index in [1.54, 1.807) is 4.68 Å². The summed E-state index contributed by atoms with van der Waals surface area (Å²) >= 11 is 0. The van der Waals surface area contributed by atoms with E-state index in [0.717, 1.165) is 18.7 Å². The highest BCUT2D eigenvalue weighted by Crippen LogP contribution is 2.31. The number of likely N-dealkylation sites (tertiary alicyclic amines) is 1. The summed E-state index contributed by atoms with van der Waals surface area (Å²) in [6, 6.07) is 2.39. The minimum absolute atomic E-state index is 0.251. The van der Waals surface area contributed by atoms with E-state index in [-0.39, 0.29) is 6.04 Å². The first-order valence-corrected chi connectivity index (χ1v) is 7.74. The lowest BCUT2D eigenvalue weighted by molar-refractivity contribution is 0.0408. The Morgan fingerprint density at radius 3 is 2.86 bits per heavy atom. The molecule has 1 fully saturated rings. The topological polar surface area (TPSA) is 67.1 Å². The van der Waals surface area contributed by atoms with E-state index >= 15 is 0 Å². The van der Waals surface area contributed by atoms with Gasteiger partial charge in [0.25, 0.3) is 0 Å². The van der Waals surface area contributed by atoms with Crippen LogP contribution in [0.4, 0.5) is 0 Å². The number of aryl methyl sites for hydroxylation is 1. The highest BCUT2D eigenvalue weighted by Gasteiger charge is 2.40. The number of nitrogens with zero attached hydrogens (tertiary/aromatic N) is 5. The Balaban J connectivity index is 1.70. The number of β-amino-alcohol motifs (C(OH)–C–C–N with tert-alkyl or cyclic N) is 1. The smallest absolute Gasteiger partial charge is 0.124 e. The maximum atomic E-state index is 10.9. The molecule has 2 aromatic heterocycles. The molecule has 0 spiro atoms. The SMILES string of the molecule is Cc1cncc(CN2CC[C@@](O)(c3cn(C(C)C)nn3)C2)c1. The third-order valence-electron chi connectivity index (χ3n) is 4.18. The van der Waals surface area contributed by atoms with Gasteiger partial charge in [-0.25, -0.2) is 4.68 Å². The standard InChI is InChI=1S/C16H23N5O/c1-12(2)21-10-15(18-19-21)16(22)4-5-20(11-16)9-14-6-13(3)7-17-8-14/h6-8,10,12,22H,4-5,9,11H2,1-3H3/t16-/m0/s1. The molecular formula is C16H23N5O. The predicted molar refractivity (Wildman–Crippen MR) is 83.2 cm³/mol. The molecule has 22 heavy (non-hydrogen) atoms. The van der Waals surface area contributed by atoms with Crippen molar-refractivity contribution in [3.05, 3.63) is 41.5 Å². The number of rotatable bonds is 4. The second-order valence-corrected chi connectivity index (χ2v) is 6.54. The van der Waals surface area contributed by atoms with E-state index in [4.69, 9.17) is 0 Å². The average molecular weight is 301 g/mol. The third kappa shape index (κ3) is 3.03. The van der Waals surface area contributed by atoms with Gasteiger partial charge in [-0.05, 0) is 38.3 Å². The van der Waals surface area contributed by atoms with Crippen LogP contribution < -0.4 is 0 Å². The van der Waals surface area contributed by atoms with Gasteiger partial charge in [0.2, 0.25) is 0 Å². The average Bonchev–Trinajstić information content (AvgIpc) is 3.07. The van der Waals surface area contributed by atoms with Crippen LogP contribution in [-0.2, 0) is 12.1 Å². The van der Waals surface area contributed by atoms with Crippen molar-refractivity contribution in [2.24, 2.45) is 0 Å². The van der Waals surface area contributed by atoms with Crippen LogP contribution in [-0.4, -0.2) is 43.1 Å². The summed E-state index contributed by atoms with van der Waals surface area (Å²) < 4.78 is 1.79. The first kappa shape index (κ1) is 15.1. The van der Waals surface area contributed by atoms with E-state index in [1.807, 2.05) is 39.4 Å². The van der Waals surface area contributed by atoms with Crippen LogP contribution in [0.2, 0.25) is 0 Å². The Bertz CT molecular complexity index is 653. The van der Waals surface area contributed by atoms with E-state index in [2.05, 4.69) is 26.3 Å². The third-order valence-corrected chi connectivity index (χ3v) is 4.18. The zero-order chi connectivity index (χ0) is 15.7. The van der Waals surface area contributed by atoms with Crippen molar-refractivity contribution >= 4 is 0 Å². The van der Waals surface area contributed by atoms with Gasteiger partial charge >= 0.3 is 0 Å². The van der Waals surface area contributed by atoms with E-state index in [0.29, 0.717) is 18.7 Å². The summed E-state index contributed by atoms with van der Waals surface area (Å²) in [5.74, 6) is 0. The molecule has 2 aromatic rings. The van der Waals surface area contributed by atoms with Gasteiger partial charge in [-0.3, -0.25) is 9.88 Å². The maximum Gasteiger partial charge on any atom is 0.124 e. The van der Waals surface area contributed by atoms with Crippen LogP contribution in [0.15, 0.2) is 24.7 Å². The molecule has 1 aliphatic heterocycles. The van der Waals surface area contributed by atoms with E-state index < -0.39 is 5.60 Å². The van der Waals surface area contributed by atoms with E-state index in [9.17, 15) is 5.11 Å². The molecule has 3 heterocycles. The molecule has 1 atom stereocenters. The van der Waals surface area contributed by atoms with Crippen LogP contribution in [0.1, 0.15) is 43.1 Å². The summed E-state index contributed by atoms with van der Waals surface area (Å²) in [6.45, 7) is 8.37. The molecule has 6 heteroatoms. The van der Waals surface area contributed by atoms with Crippen LogP contribution >= 0.6 is 0 Å². The van der Waals surface area contributed by atoms with Crippen molar-refractivity contribution in [1.29, 1.82) is 0 Å². The number of pyridine rings is 1. The summed E-state index contributed by atoms with van der Waals surface area (Å²) in [7, 11) is 0. The molecular weight excluding hydrogens is 278 g/mol. The lowest BCUT2D eigenvalue weighted by Crippen LogP contribution is -2.31. The number of hydrogen-bond acceptors (Lipinski definition) is 5. The lowest BCUT2D eigenvalue weighted by Gasteiger charge is -2.21. The van der Waals surface area contributed by atoms with Gasteiger partial charge in [-0.15, -0.1) is 5.10 Å². The largest absolute Gasteiger partial charge is 0.382 e. The molecule has 3 rings (SSSR count). The van der Waals surface area contributed by atoms with Gasteiger partial charge in [0.15, 0.2) is 0 Å². The van der Waals surface area contributed by atoms with E-state index in [1.165, 1.54) is 5.56 Å². The van der Waals surface area contributed by atoms with Crippen molar-refractivity contribution in [3.63, 3.8) is 0 Å². The normalized spacial score (nSPS) is 22.6. The quantitative estimate of drug-likeness (QED) is 0.930. The highest BCUT2D eigenvalue weighted by atomic mass is 16.3. The minimum atomic E-state index is -0.898. The Labute approximate surface area is 130 Å². The predicted octanol–water partition coefficient (Wildman–Crippen LogP) is 1.66. The Hall–Kier alpha value is -1.79. The van der Waals surface area contributed by atoms with Gasteiger partial charge in [0.1, 0.15) is 11.3 Å². The summed E-state index contributed by atoms with van der Waals surface area (Å²) in [4.78, 5) is 6.47. The fourth-order valence-corrected chi connectivity index (χ4v) is 2.92. The van der Waals surface area contributed by atoms with Crippen LogP contribution in [0, 0.1) is 6.92 Å². The minimum Gasteiger partial charge on any atom is -0.382 e. The molecule has 0 radical (unpaired) electrons. The zero-order valence-electron chi connectivity index (χ0n) is 13.4. The summed E-state index contributed by atoms with van der Waals surface area (Å²) in [6.07, 6.45) is 6.29. The molecule has 0 bridgehead atoms. The Morgan fingerprint density at radius 1 is 1.36 bits per heavy atom.